The molecule has 5 nitrogen and oxygen atoms in total. The molecule has 1 aromatic heterocycles. The number of benzene rings is 1. The Morgan fingerprint density at radius 1 is 1.23 bits per heavy atom. The maximum Gasteiger partial charge on any atom is 0.326 e. The number of rotatable bonds is 6. The van der Waals surface area contributed by atoms with E-state index in [0.29, 0.717) is 5.54 Å². The third-order valence-electron chi connectivity index (χ3n) is 6.30. The Labute approximate surface area is 155 Å². The number of hydrogen-bond donors (Lipinski definition) is 1. The SMILES string of the molecule is CN(C)CCc1cn(C(=O)NCCN2CCC23CCC3)c2ccccc12. The molecular formula is C21H30N4O. The van der Waals surface area contributed by atoms with Crippen molar-refractivity contribution in [2.75, 3.05) is 40.3 Å². The number of nitrogens with zero attached hydrogens (tertiary/aromatic N) is 3. The number of para-hydroxylation sites is 1. The second-order valence-electron chi connectivity index (χ2n) is 8.14. The van der Waals surface area contributed by atoms with E-state index in [4.69, 9.17) is 0 Å². The van der Waals surface area contributed by atoms with Gasteiger partial charge in [-0.1, -0.05) is 18.2 Å². The maximum atomic E-state index is 12.8. The lowest BCUT2D eigenvalue weighted by Gasteiger charge is -2.59. The van der Waals surface area contributed by atoms with Crippen LogP contribution in [0.4, 0.5) is 4.79 Å². The Hall–Kier alpha value is -1.85. The standard InChI is InChI=1S/C21H30N4O/c1-23(2)13-8-17-16-25(19-7-4-3-6-18(17)19)20(26)22-12-15-24-14-11-21(24)9-5-10-21/h3-4,6-7,16H,5,8-15H2,1-2H3,(H,22,26). The lowest BCUT2D eigenvalue weighted by atomic mass is 9.68. The monoisotopic (exact) mass is 354 g/mol. The Bertz CT molecular complexity index is 785. The number of amides is 1. The molecule has 140 valence electrons. The zero-order valence-corrected chi connectivity index (χ0v) is 16.0. The van der Waals surface area contributed by atoms with Crippen molar-refractivity contribution >= 4 is 16.9 Å². The van der Waals surface area contributed by atoms with Gasteiger partial charge in [0.25, 0.3) is 0 Å². The molecule has 2 fully saturated rings. The van der Waals surface area contributed by atoms with Crippen LogP contribution in [0.15, 0.2) is 30.5 Å². The second-order valence-corrected chi connectivity index (χ2v) is 8.14. The van der Waals surface area contributed by atoms with Gasteiger partial charge in [-0.25, -0.2) is 4.79 Å². The second kappa shape index (κ2) is 7.05. The van der Waals surface area contributed by atoms with Crippen LogP contribution in [-0.2, 0) is 6.42 Å². The summed E-state index contributed by atoms with van der Waals surface area (Å²) >= 11 is 0. The normalized spacial score (nSPS) is 18.9. The fourth-order valence-electron chi connectivity index (χ4n) is 4.43. The van der Waals surface area contributed by atoms with Crippen LogP contribution in [0.5, 0.6) is 0 Å². The molecule has 0 unspecified atom stereocenters. The summed E-state index contributed by atoms with van der Waals surface area (Å²) < 4.78 is 1.79. The van der Waals surface area contributed by atoms with Crippen LogP contribution >= 0.6 is 0 Å². The van der Waals surface area contributed by atoms with Crippen molar-refractivity contribution in [3.63, 3.8) is 0 Å². The summed E-state index contributed by atoms with van der Waals surface area (Å²) in [5.74, 6) is 0. The number of nitrogens with one attached hydrogen (secondary N) is 1. The minimum absolute atomic E-state index is 0.0134. The minimum Gasteiger partial charge on any atom is -0.336 e. The van der Waals surface area contributed by atoms with Crippen LogP contribution in [0, 0.1) is 0 Å². The van der Waals surface area contributed by atoms with Gasteiger partial charge < -0.3 is 10.2 Å². The van der Waals surface area contributed by atoms with Crippen LogP contribution in [-0.4, -0.2) is 66.2 Å². The Morgan fingerprint density at radius 2 is 2.04 bits per heavy atom. The van der Waals surface area contributed by atoms with Crippen molar-refractivity contribution in [3.8, 4) is 0 Å². The van der Waals surface area contributed by atoms with Crippen molar-refractivity contribution < 1.29 is 4.79 Å². The number of likely N-dealkylation sites (N-methyl/N-ethyl adjacent to an activating group) is 1. The Kier molecular flexibility index (Phi) is 4.76. The predicted octanol–water partition coefficient (Wildman–Crippen LogP) is 2.93. The summed E-state index contributed by atoms with van der Waals surface area (Å²) in [7, 11) is 4.16. The van der Waals surface area contributed by atoms with Crippen molar-refractivity contribution in [3.05, 3.63) is 36.0 Å². The van der Waals surface area contributed by atoms with Gasteiger partial charge in [-0.2, -0.15) is 0 Å². The van der Waals surface area contributed by atoms with Crippen molar-refractivity contribution in [2.45, 2.75) is 37.6 Å². The largest absolute Gasteiger partial charge is 0.336 e. The summed E-state index contributed by atoms with van der Waals surface area (Å²) in [5.41, 5.74) is 2.74. The number of aromatic nitrogens is 1. The molecule has 0 atom stereocenters. The Balaban J connectivity index is 1.41. The van der Waals surface area contributed by atoms with Gasteiger partial charge in [0.15, 0.2) is 0 Å². The molecule has 2 heterocycles. The molecule has 1 aliphatic carbocycles. The van der Waals surface area contributed by atoms with E-state index in [9.17, 15) is 4.79 Å². The first-order valence-electron chi connectivity index (χ1n) is 9.86. The molecule has 4 rings (SSSR count). The number of fused-ring (bicyclic) bond motifs is 1. The highest BCUT2D eigenvalue weighted by Crippen LogP contribution is 2.46. The van der Waals surface area contributed by atoms with Gasteiger partial charge in [0.05, 0.1) is 5.52 Å². The third kappa shape index (κ3) is 3.14. The average Bonchev–Trinajstić information content (AvgIpc) is 2.93. The molecule has 2 aromatic rings. The first-order valence-corrected chi connectivity index (χ1v) is 9.86. The van der Waals surface area contributed by atoms with Gasteiger partial charge in [0, 0.05) is 43.3 Å². The molecule has 0 radical (unpaired) electrons. The molecule has 0 bridgehead atoms. The molecular weight excluding hydrogens is 324 g/mol. The molecule has 1 amide bonds. The van der Waals surface area contributed by atoms with E-state index in [0.717, 1.165) is 31.6 Å². The zero-order chi connectivity index (χ0) is 18.1. The van der Waals surface area contributed by atoms with E-state index < -0.39 is 0 Å². The molecule has 2 aliphatic rings. The van der Waals surface area contributed by atoms with Crippen LogP contribution in [0.25, 0.3) is 10.9 Å². The first-order chi connectivity index (χ1) is 12.6. The molecule has 1 saturated carbocycles. The van der Waals surface area contributed by atoms with Crippen molar-refractivity contribution in [1.29, 1.82) is 0 Å². The van der Waals surface area contributed by atoms with E-state index in [-0.39, 0.29) is 6.03 Å². The van der Waals surface area contributed by atoms with Crippen LogP contribution in [0.3, 0.4) is 0 Å². The van der Waals surface area contributed by atoms with Gasteiger partial charge >= 0.3 is 6.03 Å². The van der Waals surface area contributed by atoms with Crippen LogP contribution < -0.4 is 5.32 Å². The zero-order valence-electron chi connectivity index (χ0n) is 16.0. The smallest absolute Gasteiger partial charge is 0.326 e. The predicted molar refractivity (Wildman–Crippen MR) is 106 cm³/mol. The average molecular weight is 354 g/mol. The molecule has 1 N–H and O–H groups in total. The molecule has 1 aliphatic heterocycles. The highest BCUT2D eigenvalue weighted by Gasteiger charge is 2.48. The van der Waals surface area contributed by atoms with E-state index in [1.54, 1.807) is 4.57 Å². The van der Waals surface area contributed by atoms with E-state index in [1.807, 2.05) is 24.4 Å². The molecule has 5 heteroatoms. The summed E-state index contributed by atoms with van der Waals surface area (Å²) in [6.45, 7) is 3.86. The summed E-state index contributed by atoms with van der Waals surface area (Å²) in [6.07, 6.45) is 8.37. The van der Waals surface area contributed by atoms with Gasteiger partial charge in [0.1, 0.15) is 0 Å². The Morgan fingerprint density at radius 3 is 2.69 bits per heavy atom. The van der Waals surface area contributed by atoms with Gasteiger partial charge in [-0.05, 0) is 57.8 Å². The fraction of sp³-hybridized carbons (Fsp3) is 0.571. The number of likely N-dealkylation sites (tertiary alicyclic amines) is 1. The summed E-state index contributed by atoms with van der Waals surface area (Å²) in [5, 5.41) is 4.31. The summed E-state index contributed by atoms with van der Waals surface area (Å²) in [6, 6.07) is 8.19. The van der Waals surface area contributed by atoms with Crippen LogP contribution in [0.2, 0.25) is 0 Å². The number of hydrogen-bond acceptors (Lipinski definition) is 3. The molecule has 1 saturated heterocycles. The van der Waals surface area contributed by atoms with Gasteiger partial charge in [0.2, 0.25) is 0 Å². The fourth-order valence-corrected chi connectivity index (χ4v) is 4.43. The molecule has 26 heavy (non-hydrogen) atoms. The third-order valence-corrected chi connectivity index (χ3v) is 6.30. The molecule has 1 spiro atoms. The minimum atomic E-state index is -0.0134. The highest BCUT2D eigenvalue weighted by atomic mass is 16.2. The lowest BCUT2D eigenvalue weighted by Crippen LogP contribution is -2.64. The van der Waals surface area contributed by atoms with Gasteiger partial charge in [-0.3, -0.25) is 9.47 Å². The van der Waals surface area contributed by atoms with Crippen LogP contribution in [0.1, 0.15) is 31.2 Å². The van der Waals surface area contributed by atoms with E-state index in [2.05, 4.69) is 35.3 Å². The van der Waals surface area contributed by atoms with Crippen molar-refractivity contribution in [1.82, 2.24) is 19.7 Å². The number of carbonyl (C=O) groups excluding carboxylic acids is 1. The highest BCUT2D eigenvalue weighted by molar-refractivity contribution is 5.93. The van der Waals surface area contributed by atoms with Crippen molar-refractivity contribution in [2.24, 2.45) is 0 Å². The maximum absolute atomic E-state index is 12.8. The first kappa shape index (κ1) is 17.6. The number of carbonyl (C=O) groups is 1. The summed E-state index contributed by atoms with van der Waals surface area (Å²) in [4.78, 5) is 17.5. The topological polar surface area (TPSA) is 40.5 Å². The van der Waals surface area contributed by atoms with Gasteiger partial charge in [-0.15, -0.1) is 0 Å². The lowest BCUT2D eigenvalue weighted by molar-refractivity contribution is -0.0707. The molecule has 1 aromatic carbocycles. The van der Waals surface area contributed by atoms with E-state index in [1.165, 1.54) is 43.2 Å². The van der Waals surface area contributed by atoms with E-state index >= 15 is 0 Å². The quantitative estimate of drug-likeness (QED) is 0.867.